The summed E-state index contributed by atoms with van der Waals surface area (Å²) < 4.78 is 6.64. The van der Waals surface area contributed by atoms with Crippen LogP contribution >= 0.6 is 0 Å². The molecule has 3 rings (SSSR count). The number of hydrogen-bond donors (Lipinski definition) is 2. The van der Waals surface area contributed by atoms with Crippen LogP contribution in [0.5, 0.6) is 0 Å². The van der Waals surface area contributed by atoms with Crippen molar-refractivity contribution >= 4 is 23.6 Å². The monoisotopic (exact) mass is 322 g/mol. The molecule has 0 aliphatic rings. The molecule has 0 saturated heterocycles. The summed E-state index contributed by atoms with van der Waals surface area (Å²) in [5.41, 5.74) is 6.74. The number of anilines is 1. The number of amides is 2. The first-order chi connectivity index (χ1) is 11.6. The second-order valence-electron chi connectivity index (χ2n) is 4.89. The molecule has 24 heavy (non-hydrogen) atoms. The first-order valence-corrected chi connectivity index (χ1v) is 7.10. The zero-order valence-electron chi connectivity index (χ0n) is 12.5. The van der Waals surface area contributed by atoms with E-state index in [-0.39, 0.29) is 11.6 Å². The van der Waals surface area contributed by atoms with Crippen LogP contribution in [0, 0.1) is 0 Å². The smallest absolute Gasteiger partial charge is 0.269 e. The van der Waals surface area contributed by atoms with E-state index in [1.165, 1.54) is 23.1 Å². The minimum atomic E-state index is -0.582. The maximum absolute atomic E-state index is 11.8. The Balaban J connectivity index is 1.65. The highest BCUT2D eigenvalue weighted by molar-refractivity contribution is 6.01. The topological polar surface area (TPSA) is 103 Å². The molecule has 0 spiro atoms. The number of rotatable bonds is 5. The molecule has 0 bridgehead atoms. The second-order valence-corrected chi connectivity index (χ2v) is 4.89. The molecule has 2 heterocycles. The van der Waals surface area contributed by atoms with E-state index < -0.39 is 5.91 Å². The molecule has 1 aromatic carbocycles. The molecular weight excluding hydrogens is 308 g/mol. The van der Waals surface area contributed by atoms with Gasteiger partial charge in [0.15, 0.2) is 0 Å². The fourth-order valence-electron chi connectivity index (χ4n) is 2.02. The molecule has 0 aliphatic heterocycles. The van der Waals surface area contributed by atoms with E-state index in [2.05, 4.69) is 10.4 Å². The Bertz CT molecular complexity index is 877. The van der Waals surface area contributed by atoms with Gasteiger partial charge < -0.3 is 15.5 Å². The Morgan fingerprint density at radius 1 is 1.17 bits per heavy atom. The summed E-state index contributed by atoms with van der Waals surface area (Å²) in [5.74, 6) is -0.250. The highest BCUT2D eigenvalue weighted by atomic mass is 16.3. The average molecular weight is 322 g/mol. The van der Waals surface area contributed by atoms with Crippen molar-refractivity contribution in [1.82, 2.24) is 9.78 Å². The molecule has 3 aromatic rings. The third kappa shape index (κ3) is 3.58. The average Bonchev–Trinajstić information content (AvgIpc) is 3.25. The quantitative estimate of drug-likeness (QED) is 0.703. The number of nitrogens with two attached hydrogens (primary N) is 1. The molecule has 0 saturated carbocycles. The van der Waals surface area contributed by atoms with E-state index in [9.17, 15) is 9.59 Å². The molecule has 7 nitrogen and oxygen atoms in total. The largest absolute Gasteiger partial charge is 0.465 e. The van der Waals surface area contributed by atoms with Crippen LogP contribution in [0.4, 0.5) is 5.69 Å². The van der Waals surface area contributed by atoms with Crippen molar-refractivity contribution in [2.45, 2.75) is 0 Å². The van der Waals surface area contributed by atoms with Gasteiger partial charge in [0.2, 0.25) is 5.91 Å². The molecular formula is C17H14N4O3. The molecule has 7 heteroatoms. The van der Waals surface area contributed by atoms with Gasteiger partial charge in [-0.2, -0.15) is 5.10 Å². The van der Waals surface area contributed by atoms with Gasteiger partial charge in [0.05, 0.1) is 12.0 Å². The number of carbonyl (C=O) groups excluding carboxylic acids is 2. The number of aromatic nitrogens is 2. The molecule has 0 atom stereocenters. The Hall–Kier alpha value is -3.61. The fraction of sp³-hybridized carbons (Fsp3) is 0. The molecule has 0 unspecified atom stereocenters. The van der Waals surface area contributed by atoms with Crippen LogP contribution in [0.15, 0.2) is 65.4 Å². The van der Waals surface area contributed by atoms with Crippen LogP contribution in [0.1, 0.15) is 16.2 Å². The van der Waals surface area contributed by atoms with Crippen molar-refractivity contribution in [3.63, 3.8) is 0 Å². The summed E-state index contributed by atoms with van der Waals surface area (Å²) in [5, 5.41) is 6.80. The lowest BCUT2D eigenvalue weighted by Gasteiger charge is -2.05. The SMILES string of the molecule is NC(=O)c1ccn(-c2ccc(NC(=O)C=Cc3ccco3)cc2)n1. The number of furan rings is 1. The first-order valence-electron chi connectivity index (χ1n) is 7.10. The minimum absolute atomic E-state index is 0.190. The van der Waals surface area contributed by atoms with Gasteiger partial charge in [-0.3, -0.25) is 9.59 Å². The predicted molar refractivity (Wildman–Crippen MR) is 88.5 cm³/mol. The molecule has 2 amide bonds. The van der Waals surface area contributed by atoms with Crippen LogP contribution in [0.2, 0.25) is 0 Å². The van der Waals surface area contributed by atoms with E-state index in [1.807, 2.05) is 0 Å². The van der Waals surface area contributed by atoms with E-state index in [1.54, 1.807) is 48.7 Å². The Morgan fingerprint density at radius 3 is 2.58 bits per heavy atom. The molecule has 3 N–H and O–H groups in total. The van der Waals surface area contributed by atoms with Crippen LogP contribution in [-0.4, -0.2) is 21.6 Å². The van der Waals surface area contributed by atoms with E-state index in [4.69, 9.17) is 10.2 Å². The van der Waals surface area contributed by atoms with Gasteiger partial charge in [-0.1, -0.05) is 0 Å². The summed E-state index contributed by atoms with van der Waals surface area (Å²) in [4.78, 5) is 22.9. The number of hydrogen-bond acceptors (Lipinski definition) is 4. The van der Waals surface area contributed by atoms with Crippen molar-refractivity contribution in [2.75, 3.05) is 5.32 Å². The van der Waals surface area contributed by atoms with Crippen LogP contribution < -0.4 is 11.1 Å². The third-order valence-corrected chi connectivity index (χ3v) is 3.18. The van der Waals surface area contributed by atoms with Crippen molar-refractivity contribution in [3.05, 3.63) is 72.5 Å². The normalized spacial score (nSPS) is 10.8. The Labute approximate surface area is 137 Å². The van der Waals surface area contributed by atoms with Crippen molar-refractivity contribution in [3.8, 4) is 5.69 Å². The zero-order valence-corrected chi connectivity index (χ0v) is 12.5. The molecule has 0 radical (unpaired) electrons. The Kier molecular flexibility index (Phi) is 4.24. The molecule has 120 valence electrons. The van der Waals surface area contributed by atoms with Gasteiger partial charge in [-0.05, 0) is 48.5 Å². The Morgan fingerprint density at radius 2 is 1.96 bits per heavy atom. The lowest BCUT2D eigenvalue weighted by atomic mass is 10.2. The van der Waals surface area contributed by atoms with Gasteiger partial charge in [-0.15, -0.1) is 0 Å². The van der Waals surface area contributed by atoms with Crippen LogP contribution in [0.25, 0.3) is 11.8 Å². The van der Waals surface area contributed by atoms with Crippen molar-refractivity contribution in [2.24, 2.45) is 5.73 Å². The molecule has 0 fully saturated rings. The van der Waals surface area contributed by atoms with Crippen molar-refractivity contribution in [1.29, 1.82) is 0 Å². The molecule has 2 aromatic heterocycles. The fourth-order valence-corrected chi connectivity index (χ4v) is 2.02. The van der Waals surface area contributed by atoms with Crippen molar-refractivity contribution < 1.29 is 14.0 Å². The van der Waals surface area contributed by atoms with E-state index >= 15 is 0 Å². The summed E-state index contributed by atoms with van der Waals surface area (Å²) in [7, 11) is 0. The highest BCUT2D eigenvalue weighted by Gasteiger charge is 2.06. The minimum Gasteiger partial charge on any atom is -0.465 e. The van der Waals surface area contributed by atoms with E-state index in [0.29, 0.717) is 11.4 Å². The van der Waals surface area contributed by atoms with Crippen LogP contribution in [-0.2, 0) is 4.79 Å². The summed E-state index contributed by atoms with van der Waals surface area (Å²) in [6, 6.07) is 12.0. The van der Waals surface area contributed by atoms with Gasteiger partial charge in [0.25, 0.3) is 5.91 Å². The number of carbonyl (C=O) groups is 2. The van der Waals surface area contributed by atoms with Gasteiger partial charge in [0.1, 0.15) is 11.5 Å². The van der Waals surface area contributed by atoms with Gasteiger partial charge >= 0.3 is 0 Å². The number of nitrogens with one attached hydrogen (secondary N) is 1. The van der Waals surface area contributed by atoms with Gasteiger partial charge in [-0.25, -0.2) is 4.68 Å². The third-order valence-electron chi connectivity index (χ3n) is 3.18. The highest BCUT2D eigenvalue weighted by Crippen LogP contribution is 2.13. The standard InChI is InChI=1S/C17H14N4O3/c18-17(23)15-9-10-21(20-15)13-5-3-12(4-6-13)19-16(22)8-7-14-2-1-11-24-14/h1-11H,(H2,18,23)(H,19,22). The lowest BCUT2D eigenvalue weighted by molar-refractivity contribution is -0.111. The summed E-state index contributed by atoms with van der Waals surface area (Å²) in [6.45, 7) is 0. The van der Waals surface area contributed by atoms with Gasteiger partial charge in [0, 0.05) is 18.0 Å². The second kappa shape index (κ2) is 6.66. The predicted octanol–water partition coefficient (Wildman–Crippen LogP) is 2.22. The first kappa shape index (κ1) is 15.3. The number of benzene rings is 1. The van der Waals surface area contributed by atoms with Crippen LogP contribution in [0.3, 0.4) is 0 Å². The lowest BCUT2D eigenvalue weighted by Crippen LogP contribution is -2.12. The van der Waals surface area contributed by atoms with E-state index in [0.717, 1.165) is 5.69 Å². The summed E-state index contributed by atoms with van der Waals surface area (Å²) >= 11 is 0. The number of nitrogens with zero attached hydrogens (tertiary/aromatic N) is 2. The maximum atomic E-state index is 11.8. The summed E-state index contributed by atoms with van der Waals surface area (Å²) in [6.07, 6.45) is 6.15. The molecule has 0 aliphatic carbocycles. The number of primary amides is 1. The zero-order chi connectivity index (χ0) is 16.9. The maximum Gasteiger partial charge on any atom is 0.269 e.